The Kier molecular flexibility index (Phi) is 2.14. The molecule has 0 spiro atoms. The number of Topliss-reactive ketones (excluding diaryl/α,β-unsaturated/α-hetero) is 1. The van der Waals surface area contributed by atoms with Crippen LogP contribution in [0.5, 0.6) is 0 Å². The Morgan fingerprint density at radius 1 is 1.36 bits per heavy atom. The summed E-state index contributed by atoms with van der Waals surface area (Å²) >= 11 is 0. The number of hydrogen-bond acceptors (Lipinski definition) is 1. The fraction of sp³-hybridized carbons (Fsp3) is 0.417. The highest BCUT2D eigenvalue weighted by molar-refractivity contribution is 6.00. The Hall–Kier alpha value is -1.18. The quantitative estimate of drug-likeness (QED) is 0.617. The zero-order chi connectivity index (χ0) is 10.3. The van der Waals surface area contributed by atoms with Gasteiger partial charge in [0.1, 0.15) is 5.82 Å². The van der Waals surface area contributed by atoms with Crippen LogP contribution in [0.4, 0.5) is 4.39 Å². The number of halogens is 1. The minimum Gasteiger partial charge on any atom is -0.294 e. The summed E-state index contributed by atoms with van der Waals surface area (Å²) in [6.07, 6.45) is 0.676. The van der Waals surface area contributed by atoms with Crippen LogP contribution in [0.25, 0.3) is 0 Å². The SMILES string of the molecule is CC1Cc2c(F)cccc2C(=O)C1C. The molecule has 1 aliphatic rings. The molecular formula is C12H13FO. The average Bonchev–Trinajstić information content (AvgIpc) is 2.17. The molecule has 2 unspecified atom stereocenters. The van der Waals surface area contributed by atoms with Gasteiger partial charge >= 0.3 is 0 Å². The molecule has 1 aromatic carbocycles. The number of ketones is 1. The monoisotopic (exact) mass is 192 g/mol. The van der Waals surface area contributed by atoms with Crippen LogP contribution in [0, 0.1) is 17.7 Å². The first-order valence-electron chi connectivity index (χ1n) is 4.93. The summed E-state index contributed by atoms with van der Waals surface area (Å²) in [6.45, 7) is 3.92. The number of hydrogen-bond donors (Lipinski definition) is 0. The van der Waals surface area contributed by atoms with Gasteiger partial charge in [0.05, 0.1) is 0 Å². The molecular weight excluding hydrogens is 179 g/mol. The molecule has 0 aromatic heterocycles. The van der Waals surface area contributed by atoms with Crippen LogP contribution in [0.1, 0.15) is 29.8 Å². The first kappa shape index (κ1) is 9.38. The Morgan fingerprint density at radius 2 is 2.07 bits per heavy atom. The minimum absolute atomic E-state index is 0.0179. The molecule has 0 bridgehead atoms. The largest absolute Gasteiger partial charge is 0.294 e. The van der Waals surface area contributed by atoms with Gasteiger partial charge < -0.3 is 0 Å². The third-order valence-electron chi connectivity index (χ3n) is 3.18. The maximum absolute atomic E-state index is 13.4. The van der Waals surface area contributed by atoms with Crippen molar-refractivity contribution in [1.82, 2.24) is 0 Å². The zero-order valence-corrected chi connectivity index (χ0v) is 8.38. The van der Waals surface area contributed by atoms with E-state index < -0.39 is 0 Å². The van der Waals surface area contributed by atoms with Gasteiger partial charge in [0.2, 0.25) is 0 Å². The van der Waals surface area contributed by atoms with E-state index in [2.05, 4.69) is 0 Å². The lowest BCUT2D eigenvalue weighted by atomic mass is 9.77. The molecule has 0 saturated heterocycles. The van der Waals surface area contributed by atoms with Gasteiger partial charge in [0.15, 0.2) is 5.78 Å². The molecule has 0 heterocycles. The first-order valence-corrected chi connectivity index (χ1v) is 4.93. The summed E-state index contributed by atoms with van der Waals surface area (Å²) in [4.78, 5) is 11.8. The lowest BCUT2D eigenvalue weighted by molar-refractivity contribution is 0.0875. The molecule has 14 heavy (non-hydrogen) atoms. The highest BCUT2D eigenvalue weighted by Gasteiger charge is 2.30. The van der Waals surface area contributed by atoms with E-state index in [1.165, 1.54) is 6.07 Å². The second-order valence-electron chi connectivity index (χ2n) is 4.10. The fourth-order valence-electron chi connectivity index (χ4n) is 2.00. The highest BCUT2D eigenvalue weighted by atomic mass is 19.1. The molecule has 74 valence electrons. The van der Waals surface area contributed by atoms with Crippen molar-refractivity contribution in [3.63, 3.8) is 0 Å². The minimum atomic E-state index is -0.241. The Balaban J connectivity index is 2.56. The molecule has 0 amide bonds. The van der Waals surface area contributed by atoms with Crippen LogP contribution >= 0.6 is 0 Å². The lowest BCUT2D eigenvalue weighted by Gasteiger charge is -2.26. The van der Waals surface area contributed by atoms with E-state index >= 15 is 0 Å². The van der Waals surface area contributed by atoms with E-state index in [4.69, 9.17) is 0 Å². The molecule has 1 aliphatic carbocycles. The normalized spacial score (nSPS) is 26.1. The number of carbonyl (C=O) groups excluding carboxylic acids is 1. The van der Waals surface area contributed by atoms with E-state index in [0.29, 0.717) is 17.5 Å². The van der Waals surface area contributed by atoms with Crippen LogP contribution in [-0.2, 0) is 6.42 Å². The Morgan fingerprint density at radius 3 is 2.79 bits per heavy atom. The van der Waals surface area contributed by atoms with Crippen LogP contribution in [0.2, 0.25) is 0 Å². The van der Waals surface area contributed by atoms with Crippen LogP contribution in [-0.4, -0.2) is 5.78 Å². The maximum atomic E-state index is 13.4. The van der Waals surface area contributed by atoms with Crippen LogP contribution in [0.15, 0.2) is 18.2 Å². The maximum Gasteiger partial charge on any atom is 0.166 e. The van der Waals surface area contributed by atoms with Crippen molar-refractivity contribution in [3.8, 4) is 0 Å². The summed E-state index contributed by atoms with van der Waals surface area (Å²) < 4.78 is 13.4. The fourth-order valence-corrected chi connectivity index (χ4v) is 2.00. The van der Waals surface area contributed by atoms with Crippen molar-refractivity contribution in [3.05, 3.63) is 35.1 Å². The van der Waals surface area contributed by atoms with Crippen molar-refractivity contribution >= 4 is 5.78 Å². The molecule has 2 heteroatoms. The summed E-state index contributed by atoms with van der Waals surface area (Å²) in [7, 11) is 0. The van der Waals surface area contributed by atoms with Gasteiger partial charge in [-0.25, -0.2) is 4.39 Å². The zero-order valence-electron chi connectivity index (χ0n) is 8.38. The molecule has 0 radical (unpaired) electrons. The Bertz CT molecular complexity index is 384. The van der Waals surface area contributed by atoms with Crippen molar-refractivity contribution < 1.29 is 9.18 Å². The molecule has 0 fully saturated rings. The molecule has 0 aliphatic heterocycles. The lowest BCUT2D eigenvalue weighted by Crippen LogP contribution is -2.28. The summed E-state index contributed by atoms with van der Waals surface area (Å²) in [5, 5.41) is 0. The molecule has 0 saturated carbocycles. The molecule has 1 nitrogen and oxygen atoms in total. The van der Waals surface area contributed by atoms with Crippen molar-refractivity contribution in [2.24, 2.45) is 11.8 Å². The van der Waals surface area contributed by atoms with E-state index in [-0.39, 0.29) is 23.4 Å². The van der Waals surface area contributed by atoms with Gasteiger partial charge in [0.25, 0.3) is 0 Å². The molecule has 2 rings (SSSR count). The van der Waals surface area contributed by atoms with E-state index in [0.717, 1.165) is 0 Å². The van der Waals surface area contributed by atoms with E-state index in [1.54, 1.807) is 12.1 Å². The number of rotatable bonds is 0. The van der Waals surface area contributed by atoms with E-state index in [9.17, 15) is 9.18 Å². The third kappa shape index (κ3) is 1.26. The van der Waals surface area contributed by atoms with Crippen LogP contribution in [0.3, 0.4) is 0 Å². The molecule has 2 atom stereocenters. The topological polar surface area (TPSA) is 17.1 Å². The molecule has 1 aromatic rings. The number of fused-ring (bicyclic) bond motifs is 1. The second-order valence-corrected chi connectivity index (χ2v) is 4.10. The first-order chi connectivity index (χ1) is 6.61. The summed E-state index contributed by atoms with van der Waals surface area (Å²) in [5.74, 6) is 0.101. The standard InChI is InChI=1S/C12H13FO/c1-7-6-10-9(12(14)8(7)2)4-3-5-11(10)13/h3-5,7-8H,6H2,1-2H3. The van der Waals surface area contributed by atoms with E-state index in [1.807, 2.05) is 13.8 Å². The third-order valence-corrected chi connectivity index (χ3v) is 3.18. The van der Waals surface area contributed by atoms with Gasteiger partial charge in [-0.2, -0.15) is 0 Å². The van der Waals surface area contributed by atoms with Crippen molar-refractivity contribution in [1.29, 1.82) is 0 Å². The predicted molar refractivity (Wildman–Crippen MR) is 52.8 cm³/mol. The number of benzene rings is 1. The second kappa shape index (κ2) is 3.19. The van der Waals surface area contributed by atoms with Gasteiger partial charge in [-0.3, -0.25) is 4.79 Å². The van der Waals surface area contributed by atoms with Gasteiger partial charge in [-0.1, -0.05) is 26.0 Å². The summed E-state index contributed by atoms with van der Waals surface area (Å²) in [5.41, 5.74) is 1.18. The van der Waals surface area contributed by atoms with Crippen LogP contribution < -0.4 is 0 Å². The number of carbonyl (C=O) groups is 1. The summed E-state index contributed by atoms with van der Waals surface area (Å²) in [6, 6.07) is 4.76. The highest BCUT2D eigenvalue weighted by Crippen LogP contribution is 2.30. The van der Waals surface area contributed by atoms with Gasteiger partial charge in [0, 0.05) is 11.5 Å². The predicted octanol–water partition coefficient (Wildman–Crippen LogP) is 2.84. The van der Waals surface area contributed by atoms with Gasteiger partial charge in [-0.05, 0) is 24.0 Å². The Labute approximate surface area is 82.9 Å². The smallest absolute Gasteiger partial charge is 0.166 e. The molecule has 0 N–H and O–H groups in total. The van der Waals surface area contributed by atoms with Crippen molar-refractivity contribution in [2.45, 2.75) is 20.3 Å². The average molecular weight is 192 g/mol. The van der Waals surface area contributed by atoms with Gasteiger partial charge in [-0.15, -0.1) is 0 Å². The van der Waals surface area contributed by atoms with Crippen molar-refractivity contribution in [2.75, 3.05) is 0 Å².